The summed E-state index contributed by atoms with van der Waals surface area (Å²) in [5, 5.41) is 13.9. The largest absolute Gasteiger partial charge is 0.469 e. The third-order valence-corrected chi connectivity index (χ3v) is 8.09. The van der Waals surface area contributed by atoms with Crippen LogP contribution in [0.4, 0.5) is 36.4 Å². The summed E-state index contributed by atoms with van der Waals surface area (Å²) in [6, 6.07) is 0.564. The number of rotatable bonds is 8. The summed E-state index contributed by atoms with van der Waals surface area (Å²) in [4.78, 5) is 0. The van der Waals surface area contributed by atoms with Crippen molar-refractivity contribution in [3.8, 4) is 5.75 Å². The van der Waals surface area contributed by atoms with Crippen LogP contribution < -0.4 is 15.8 Å². The van der Waals surface area contributed by atoms with E-state index in [0.29, 0.717) is 12.6 Å². The van der Waals surface area contributed by atoms with Crippen molar-refractivity contribution in [2.45, 2.75) is 75.9 Å². The first-order valence-electron chi connectivity index (χ1n) is 11.8. The van der Waals surface area contributed by atoms with Crippen LogP contribution in [0.2, 0.25) is 0 Å². The highest BCUT2D eigenvalue weighted by Gasteiger charge is 2.59. The molecule has 1 aliphatic heterocycles. The maximum atomic E-state index is 14.4. The van der Waals surface area contributed by atoms with Crippen LogP contribution in [0.5, 0.6) is 5.75 Å². The van der Waals surface area contributed by atoms with Crippen LogP contribution in [0, 0.1) is 17.7 Å². The lowest BCUT2D eigenvalue weighted by Gasteiger charge is -2.35. The summed E-state index contributed by atoms with van der Waals surface area (Å²) in [5.74, 6) is -4.33. The third kappa shape index (κ3) is 8.09. The quantitative estimate of drug-likeness (QED) is 0.320. The molecule has 7 nitrogen and oxygen atoms in total. The Bertz CT molecular complexity index is 1090. The summed E-state index contributed by atoms with van der Waals surface area (Å²) < 4.78 is 127. The minimum Gasteiger partial charge on any atom is -0.469 e. The molecule has 38 heavy (non-hydrogen) atoms. The van der Waals surface area contributed by atoms with Gasteiger partial charge in [0.2, 0.25) is 0 Å². The average molecular weight is 581 g/mol. The zero-order chi connectivity index (χ0) is 28.8. The molecule has 0 aromatic heterocycles. The molecule has 218 valence electrons. The van der Waals surface area contributed by atoms with Gasteiger partial charge in [0.05, 0.1) is 29.3 Å². The van der Waals surface area contributed by atoms with Gasteiger partial charge in [0, 0.05) is 24.4 Å². The van der Waals surface area contributed by atoms with Crippen molar-refractivity contribution in [3.63, 3.8) is 0 Å². The maximum Gasteiger partial charge on any atom is 0.434 e. The second-order valence-corrected chi connectivity index (χ2v) is 13.0. The lowest BCUT2D eigenvalue weighted by Crippen LogP contribution is -2.55. The van der Waals surface area contributed by atoms with Crippen LogP contribution >= 0.6 is 0 Å². The smallest absolute Gasteiger partial charge is 0.434 e. The molecule has 4 N–H and O–H groups in total. The number of nitrogen functional groups attached to an aromatic ring is 1. The molecule has 1 saturated carbocycles. The van der Waals surface area contributed by atoms with Gasteiger partial charge in [-0.15, -0.1) is 0 Å². The van der Waals surface area contributed by atoms with Crippen LogP contribution in [-0.4, -0.2) is 73.9 Å². The molecule has 2 fully saturated rings. The van der Waals surface area contributed by atoms with Crippen molar-refractivity contribution in [3.05, 3.63) is 23.5 Å². The van der Waals surface area contributed by atoms with Gasteiger partial charge in [-0.3, -0.25) is 0 Å². The van der Waals surface area contributed by atoms with E-state index in [9.17, 15) is 44.3 Å². The van der Waals surface area contributed by atoms with Crippen molar-refractivity contribution >= 4 is 15.5 Å². The highest BCUT2D eigenvalue weighted by Crippen LogP contribution is 2.40. The van der Waals surface area contributed by atoms with E-state index < -0.39 is 69.4 Å². The Labute approximate surface area is 215 Å². The van der Waals surface area contributed by atoms with Crippen LogP contribution in [0.15, 0.2) is 12.1 Å². The highest BCUT2D eigenvalue weighted by atomic mass is 32.2. The molecule has 5 atom stereocenters. The van der Waals surface area contributed by atoms with E-state index in [-0.39, 0.29) is 35.4 Å². The molecular weight excluding hydrogens is 549 g/mol. The SMILES string of the molecule is CC(C)(C)O[C@H]1C[C@@H]1CN[C@H]1CS(=O)(=O)C[C@@H](Cc2cc(F)c(N)c(OC(C(F)(F)F)C(F)(F)F)c2)[C@@H]1O. The average Bonchev–Trinajstić information content (AvgIpc) is 3.44. The van der Waals surface area contributed by atoms with Gasteiger partial charge >= 0.3 is 12.4 Å². The van der Waals surface area contributed by atoms with Crippen LogP contribution in [0.25, 0.3) is 0 Å². The van der Waals surface area contributed by atoms with Crippen molar-refractivity contribution in [1.82, 2.24) is 5.32 Å². The van der Waals surface area contributed by atoms with Gasteiger partial charge in [-0.2, -0.15) is 26.3 Å². The van der Waals surface area contributed by atoms with E-state index in [1.54, 1.807) is 0 Å². The molecule has 0 bridgehead atoms. The summed E-state index contributed by atoms with van der Waals surface area (Å²) in [7, 11) is -3.69. The Morgan fingerprint density at radius 1 is 1.08 bits per heavy atom. The first-order valence-corrected chi connectivity index (χ1v) is 13.7. The number of anilines is 1. The number of alkyl halides is 6. The number of nitrogens with one attached hydrogen (secondary N) is 1. The number of halogens is 7. The van der Waals surface area contributed by atoms with Crippen molar-refractivity contribution in [2.24, 2.45) is 11.8 Å². The molecule has 1 aliphatic carbocycles. The van der Waals surface area contributed by atoms with Gasteiger partial charge in [0.25, 0.3) is 6.10 Å². The fourth-order valence-corrected chi connectivity index (χ4v) is 6.46. The van der Waals surface area contributed by atoms with Gasteiger partial charge in [-0.1, -0.05) is 0 Å². The third-order valence-electron chi connectivity index (χ3n) is 6.29. The number of benzene rings is 1. The van der Waals surface area contributed by atoms with E-state index in [0.717, 1.165) is 12.5 Å². The standard InChI is InChI=1S/C23H31F7N2O5S/c1-21(2,3)37-16-7-12(16)8-32-15-10-38(34,35)9-13(19(15)33)4-11-5-14(24)18(31)17(6-11)36-20(22(25,26)27)23(28,29)30/h5-6,12-13,15-16,19-20,32-33H,4,7-10,31H2,1-3H3/t12-,13-,15+,16+,19+/m1/s1. The summed E-state index contributed by atoms with van der Waals surface area (Å²) in [6.45, 7) is 6.08. The van der Waals surface area contributed by atoms with Gasteiger partial charge in [-0.05, 0) is 51.3 Å². The Hall–Kier alpha value is -1.84. The fourth-order valence-electron chi connectivity index (χ4n) is 4.50. The van der Waals surface area contributed by atoms with Crippen molar-refractivity contribution < 1.29 is 53.7 Å². The van der Waals surface area contributed by atoms with Gasteiger partial charge in [0.1, 0.15) is 17.3 Å². The number of aliphatic hydroxyl groups excluding tert-OH is 1. The normalized spacial score (nSPS) is 27.9. The second-order valence-electron chi connectivity index (χ2n) is 10.9. The monoisotopic (exact) mass is 580 g/mol. The topological polar surface area (TPSA) is 111 Å². The number of nitrogens with two attached hydrogens (primary N) is 1. The van der Waals surface area contributed by atoms with Gasteiger partial charge in [0.15, 0.2) is 9.84 Å². The van der Waals surface area contributed by atoms with Gasteiger partial charge in [-0.25, -0.2) is 12.8 Å². The predicted molar refractivity (Wildman–Crippen MR) is 124 cm³/mol. The minimum atomic E-state index is -5.86. The molecule has 1 aromatic carbocycles. The van der Waals surface area contributed by atoms with E-state index >= 15 is 0 Å². The molecule has 0 radical (unpaired) electrons. The molecule has 3 rings (SSSR count). The minimum absolute atomic E-state index is 0.0102. The van der Waals surface area contributed by atoms with Crippen molar-refractivity contribution in [2.75, 3.05) is 23.8 Å². The lowest BCUT2D eigenvalue weighted by molar-refractivity contribution is -0.299. The number of hydrogen-bond donors (Lipinski definition) is 3. The molecule has 2 aliphatic rings. The van der Waals surface area contributed by atoms with E-state index in [1.165, 1.54) is 0 Å². The first kappa shape index (κ1) is 30.7. The number of aliphatic hydroxyl groups is 1. The van der Waals surface area contributed by atoms with Crippen LogP contribution in [0.3, 0.4) is 0 Å². The summed E-state index contributed by atoms with van der Waals surface area (Å²) in [5.41, 5.74) is 3.73. The highest BCUT2D eigenvalue weighted by molar-refractivity contribution is 7.91. The van der Waals surface area contributed by atoms with E-state index in [1.807, 2.05) is 20.8 Å². The predicted octanol–water partition coefficient (Wildman–Crippen LogP) is 3.39. The van der Waals surface area contributed by atoms with Crippen molar-refractivity contribution in [1.29, 1.82) is 0 Å². The Kier molecular flexibility index (Phi) is 8.58. The fraction of sp³-hybridized carbons (Fsp3) is 0.739. The molecule has 15 heteroatoms. The molecule has 0 unspecified atom stereocenters. The molecule has 0 amide bonds. The molecule has 1 saturated heterocycles. The van der Waals surface area contributed by atoms with Crippen LogP contribution in [0.1, 0.15) is 32.8 Å². The first-order chi connectivity index (χ1) is 17.2. The van der Waals surface area contributed by atoms with Gasteiger partial charge < -0.3 is 25.6 Å². The molecular formula is C23H31F7N2O5S. The summed E-state index contributed by atoms with van der Waals surface area (Å²) >= 11 is 0. The molecule has 1 aromatic rings. The molecule has 0 spiro atoms. The van der Waals surface area contributed by atoms with E-state index in [2.05, 4.69) is 10.1 Å². The second kappa shape index (κ2) is 10.6. The zero-order valence-corrected chi connectivity index (χ0v) is 21.7. The number of hydrogen-bond acceptors (Lipinski definition) is 7. The Morgan fingerprint density at radius 3 is 2.24 bits per heavy atom. The number of ether oxygens (including phenoxy) is 2. The number of sulfone groups is 1. The lowest BCUT2D eigenvalue weighted by atomic mass is 9.91. The molecule has 1 heterocycles. The van der Waals surface area contributed by atoms with E-state index in [4.69, 9.17) is 10.5 Å². The zero-order valence-electron chi connectivity index (χ0n) is 20.9. The Balaban J connectivity index is 1.74. The summed E-state index contributed by atoms with van der Waals surface area (Å²) in [6.07, 6.45) is -16.8. The van der Waals surface area contributed by atoms with Crippen LogP contribution in [-0.2, 0) is 21.0 Å². The Morgan fingerprint density at radius 2 is 1.68 bits per heavy atom. The maximum absolute atomic E-state index is 14.4.